The van der Waals surface area contributed by atoms with Gasteiger partial charge in [0.15, 0.2) is 0 Å². The van der Waals surface area contributed by atoms with Crippen molar-refractivity contribution >= 4 is 21.6 Å². The summed E-state index contributed by atoms with van der Waals surface area (Å²) in [5, 5.41) is 1.20. The maximum atomic E-state index is 5.65. The number of rotatable bonds is 6. The molecule has 0 fully saturated rings. The third-order valence-electron chi connectivity index (χ3n) is 3.48. The van der Waals surface area contributed by atoms with Crippen LogP contribution >= 0.6 is 11.3 Å². The molecule has 0 bridgehead atoms. The molecule has 1 aromatic heterocycles. The molecule has 1 heterocycles. The van der Waals surface area contributed by atoms with Crippen LogP contribution in [0.3, 0.4) is 0 Å². The van der Waals surface area contributed by atoms with Gasteiger partial charge in [0.1, 0.15) is 5.75 Å². The minimum Gasteiger partial charge on any atom is -0.497 e. The Morgan fingerprint density at radius 1 is 1.32 bits per heavy atom. The van der Waals surface area contributed by atoms with E-state index in [4.69, 9.17) is 10.5 Å². The molecule has 104 valence electrons. The second-order valence-corrected chi connectivity index (χ2v) is 6.76. The van der Waals surface area contributed by atoms with Gasteiger partial charge in [0.2, 0.25) is 0 Å². The van der Waals surface area contributed by atoms with E-state index in [0.717, 1.165) is 37.1 Å². The summed E-state index contributed by atoms with van der Waals surface area (Å²) in [7, 11) is 1.69. The van der Waals surface area contributed by atoms with E-state index in [9.17, 15) is 0 Å². The summed E-state index contributed by atoms with van der Waals surface area (Å²) in [6.45, 7) is 5.30. The summed E-state index contributed by atoms with van der Waals surface area (Å²) in [6, 6.07) is 6.05. The maximum absolute atomic E-state index is 5.65. The van der Waals surface area contributed by atoms with Crippen LogP contribution in [0.5, 0.6) is 5.75 Å². The van der Waals surface area contributed by atoms with Gasteiger partial charge in [0, 0.05) is 0 Å². The molecule has 0 atom stereocenters. The molecule has 0 saturated heterocycles. The molecule has 0 aliphatic rings. The Labute approximate surface area is 118 Å². The Morgan fingerprint density at radius 2 is 2.11 bits per heavy atom. The van der Waals surface area contributed by atoms with Crippen LogP contribution in [0.2, 0.25) is 0 Å². The van der Waals surface area contributed by atoms with Crippen molar-refractivity contribution in [3.63, 3.8) is 0 Å². The van der Waals surface area contributed by atoms with Gasteiger partial charge in [-0.3, -0.25) is 0 Å². The lowest BCUT2D eigenvalue weighted by atomic mass is 9.84. The fraction of sp³-hybridized carbons (Fsp3) is 0.533. The summed E-state index contributed by atoms with van der Waals surface area (Å²) >= 11 is 1.76. The summed E-state index contributed by atoms with van der Waals surface area (Å²) in [5.74, 6) is 0.895. The van der Waals surface area contributed by atoms with Crippen LogP contribution in [-0.4, -0.2) is 18.6 Å². The Bertz CT molecular complexity index is 548. The van der Waals surface area contributed by atoms with Crippen molar-refractivity contribution in [3.8, 4) is 5.75 Å². The summed E-state index contributed by atoms with van der Waals surface area (Å²) in [4.78, 5) is 4.68. The van der Waals surface area contributed by atoms with Crippen molar-refractivity contribution < 1.29 is 4.74 Å². The van der Waals surface area contributed by atoms with Gasteiger partial charge in [-0.25, -0.2) is 4.98 Å². The molecule has 3 nitrogen and oxygen atoms in total. The standard InChI is InChI=1S/C15H22N2OS/c1-15(2,8-9-16)7-6-14-17-12-5-4-11(18-3)10-13(12)19-14/h4-5,10H,6-9,16H2,1-3H3. The average molecular weight is 278 g/mol. The Kier molecular flexibility index (Phi) is 4.42. The topological polar surface area (TPSA) is 48.1 Å². The predicted molar refractivity (Wildman–Crippen MR) is 81.9 cm³/mol. The third-order valence-corrected chi connectivity index (χ3v) is 4.55. The molecular weight excluding hydrogens is 256 g/mol. The van der Waals surface area contributed by atoms with Gasteiger partial charge in [-0.2, -0.15) is 0 Å². The summed E-state index contributed by atoms with van der Waals surface area (Å²) < 4.78 is 6.44. The second kappa shape index (κ2) is 5.88. The minimum absolute atomic E-state index is 0.296. The molecule has 4 heteroatoms. The van der Waals surface area contributed by atoms with Crippen LogP contribution in [0.4, 0.5) is 0 Å². The first-order valence-corrected chi connectivity index (χ1v) is 7.49. The molecular formula is C15H22N2OS. The van der Waals surface area contributed by atoms with Crippen LogP contribution in [0.15, 0.2) is 18.2 Å². The van der Waals surface area contributed by atoms with Gasteiger partial charge >= 0.3 is 0 Å². The SMILES string of the molecule is COc1ccc2nc(CCC(C)(C)CCN)sc2c1. The van der Waals surface area contributed by atoms with Crippen molar-refractivity contribution in [2.45, 2.75) is 33.1 Å². The van der Waals surface area contributed by atoms with Crippen molar-refractivity contribution in [2.75, 3.05) is 13.7 Å². The van der Waals surface area contributed by atoms with Crippen LogP contribution in [-0.2, 0) is 6.42 Å². The molecule has 0 radical (unpaired) electrons. The predicted octanol–water partition coefficient (Wildman–Crippen LogP) is 3.61. The molecule has 0 aliphatic carbocycles. The number of aromatic nitrogens is 1. The highest BCUT2D eigenvalue weighted by Gasteiger charge is 2.17. The molecule has 0 spiro atoms. The highest BCUT2D eigenvalue weighted by molar-refractivity contribution is 7.18. The summed E-state index contributed by atoms with van der Waals surface area (Å²) in [5.41, 5.74) is 7.01. The first kappa shape index (κ1) is 14.3. The van der Waals surface area contributed by atoms with Gasteiger partial charge in [-0.15, -0.1) is 11.3 Å². The van der Waals surface area contributed by atoms with E-state index in [2.05, 4.69) is 24.9 Å². The number of nitrogens with two attached hydrogens (primary N) is 1. The molecule has 0 saturated carbocycles. The van der Waals surface area contributed by atoms with E-state index in [1.165, 1.54) is 9.71 Å². The number of benzene rings is 1. The fourth-order valence-electron chi connectivity index (χ4n) is 2.15. The van der Waals surface area contributed by atoms with E-state index in [0.29, 0.717) is 5.41 Å². The van der Waals surface area contributed by atoms with E-state index >= 15 is 0 Å². The van der Waals surface area contributed by atoms with Crippen LogP contribution < -0.4 is 10.5 Å². The first-order chi connectivity index (χ1) is 9.04. The molecule has 0 unspecified atom stereocenters. The Morgan fingerprint density at radius 3 is 2.79 bits per heavy atom. The van der Waals surface area contributed by atoms with Crippen LogP contribution in [0.25, 0.3) is 10.2 Å². The van der Waals surface area contributed by atoms with E-state index < -0.39 is 0 Å². The summed E-state index contributed by atoms with van der Waals surface area (Å²) in [6.07, 6.45) is 3.21. The lowest BCUT2D eigenvalue weighted by Crippen LogP contribution is -2.17. The number of nitrogens with zero attached hydrogens (tertiary/aromatic N) is 1. The molecule has 2 N–H and O–H groups in total. The third kappa shape index (κ3) is 3.67. The van der Waals surface area contributed by atoms with Gasteiger partial charge in [0.05, 0.1) is 22.3 Å². The largest absolute Gasteiger partial charge is 0.497 e. The average Bonchev–Trinajstić information content (AvgIpc) is 2.78. The van der Waals surface area contributed by atoms with Crippen molar-refractivity contribution in [2.24, 2.45) is 11.1 Å². The maximum Gasteiger partial charge on any atom is 0.120 e. The zero-order chi connectivity index (χ0) is 13.9. The molecule has 0 amide bonds. The number of fused-ring (bicyclic) bond motifs is 1. The van der Waals surface area contributed by atoms with Crippen molar-refractivity contribution in [1.29, 1.82) is 0 Å². The van der Waals surface area contributed by atoms with Gasteiger partial charge in [-0.1, -0.05) is 13.8 Å². The van der Waals surface area contributed by atoms with E-state index in [1.807, 2.05) is 12.1 Å². The van der Waals surface area contributed by atoms with Gasteiger partial charge < -0.3 is 10.5 Å². The number of hydrogen-bond donors (Lipinski definition) is 1. The molecule has 2 rings (SSSR count). The van der Waals surface area contributed by atoms with Crippen molar-refractivity contribution in [3.05, 3.63) is 23.2 Å². The molecule has 0 aliphatic heterocycles. The van der Waals surface area contributed by atoms with Gasteiger partial charge in [0.25, 0.3) is 0 Å². The number of thiazole rings is 1. The zero-order valence-electron chi connectivity index (χ0n) is 11.9. The minimum atomic E-state index is 0.296. The first-order valence-electron chi connectivity index (χ1n) is 6.67. The van der Waals surface area contributed by atoms with Crippen molar-refractivity contribution in [1.82, 2.24) is 4.98 Å². The smallest absolute Gasteiger partial charge is 0.120 e. The van der Waals surface area contributed by atoms with E-state index in [1.54, 1.807) is 18.4 Å². The fourth-order valence-corrected chi connectivity index (χ4v) is 3.14. The van der Waals surface area contributed by atoms with Crippen LogP contribution in [0.1, 0.15) is 31.7 Å². The van der Waals surface area contributed by atoms with Crippen LogP contribution in [0, 0.1) is 5.41 Å². The van der Waals surface area contributed by atoms with Gasteiger partial charge in [-0.05, 0) is 49.4 Å². The number of hydrogen-bond acceptors (Lipinski definition) is 4. The monoisotopic (exact) mass is 278 g/mol. The van der Waals surface area contributed by atoms with E-state index in [-0.39, 0.29) is 0 Å². The quantitative estimate of drug-likeness (QED) is 0.878. The lowest BCUT2D eigenvalue weighted by Gasteiger charge is -2.22. The second-order valence-electron chi connectivity index (χ2n) is 5.64. The number of aryl methyl sites for hydroxylation is 1. The zero-order valence-corrected chi connectivity index (χ0v) is 12.7. The Hall–Kier alpha value is -1.13. The highest BCUT2D eigenvalue weighted by atomic mass is 32.1. The molecule has 19 heavy (non-hydrogen) atoms. The highest BCUT2D eigenvalue weighted by Crippen LogP contribution is 2.30. The number of methoxy groups -OCH3 is 1. The normalized spacial score (nSPS) is 12.0. The molecule has 1 aromatic carbocycles. The Balaban J connectivity index is 2.09. The molecule has 2 aromatic rings. The number of ether oxygens (including phenoxy) is 1. The lowest BCUT2D eigenvalue weighted by molar-refractivity contribution is 0.313.